The van der Waals surface area contributed by atoms with Crippen molar-refractivity contribution >= 4 is 50.9 Å². The number of rotatable bonds is 7. The van der Waals surface area contributed by atoms with Crippen molar-refractivity contribution in [3.8, 4) is 0 Å². The molecule has 0 aliphatic rings. The van der Waals surface area contributed by atoms with Crippen LogP contribution in [0.2, 0.25) is 5.02 Å². The molecule has 0 bridgehead atoms. The van der Waals surface area contributed by atoms with Crippen LogP contribution in [-0.4, -0.2) is 26.4 Å². The molecule has 1 N–H and O–H groups in total. The lowest BCUT2D eigenvalue weighted by atomic mass is 10.3. The van der Waals surface area contributed by atoms with Gasteiger partial charge in [-0.05, 0) is 24.6 Å². The number of thioether (sulfide) groups is 1. The van der Waals surface area contributed by atoms with Crippen molar-refractivity contribution < 1.29 is 4.79 Å². The van der Waals surface area contributed by atoms with Gasteiger partial charge >= 0.3 is 0 Å². The summed E-state index contributed by atoms with van der Waals surface area (Å²) in [5.74, 6) is 1.09. The third kappa shape index (κ3) is 4.96. The molecule has 1 aromatic heterocycles. The van der Waals surface area contributed by atoms with E-state index >= 15 is 0 Å². The number of amides is 1. The van der Waals surface area contributed by atoms with E-state index in [1.165, 1.54) is 11.8 Å². The average Bonchev–Trinajstić information content (AvgIpc) is 2.90. The average molecular weight is 418 g/mol. The molecule has 0 atom stereocenters. The van der Waals surface area contributed by atoms with E-state index in [0.717, 1.165) is 34.8 Å². The number of carbonyl (C=O) groups is 1. The summed E-state index contributed by atoms with van der Waals surface area (Å²) in [6.45, 7) is 5.02. The second-order valence-electron chi connectivity index (χ2n) is 4.87. The summed E-state index contributed by atoms with van der Waals surface area (Å²) in [5, 5.41) is 12.4. The number of nitrogens with zero attached hydrogens (tertiary/aromatic N) is 3. The number of halogens is 2. The van der Waals surface area contributed by atoms with Gasteiger partial charge < -0.3 is 9.88 Å². The van der Waals surface area contributed by atoms with Crippen LogP contribution in [-0.2, 0) is 17.8 Å². The topological polar surface area (TPSA) is 59.8 Å². The minimum Gasteiger partial charge on any atom is -0.324 e. The van der Waals surface area contributed by atoms with Crippen LogP contribution in [0.3, 0.4) is 0 Å². The highest BCUT2D eigenvalue weighted by atomic mass is 79.9. The molecule has 0 aliphatic heterocycles. The van der Waals surface area contributed by atoms with Crippen molar-refractivity contribution in [3.05, 3.63) is 33.5 Å². The zero-order valence-corrected chi connectivity index (χ0v) is 16.1. The molecule has 0 aliphatic carbocycles. The first-order valence-corrected chi connectivity index (χ1v) is 9.50. The van der Waals surface area contributed by atoms with Gasteiger partial charge in [0.2, 0.25) is 5.91 Å². The van der Waals surface area contributed by atoms with Crippen LogP contribution in [0.1, 0.15) is 26.1 Å². The molecule has 0 saturated heterocycles. The maximum Gasteiger partial charge on any atom is 0.234 e. The molecule has 8 heteroatoms. The zero-order valence-electron chi connectivity index (χ0n) is 13.0. The Morgan fingerprint density at radius 1 is 1.39 bits per heavy atom. The van der Waals surface area contributed by atoms with Crippen LogP contribution in [0.5, 0.6) is 0 Å². The molecule has 0 radical (unpaired) electrons. The fourth-order valence-corrected chi connectivity index (χ4v) is 3.55. The number of hydrogen-bond acceptors (Lipinski definition) is 4. The van der Waals surface area contributed by atoms with Gasteiger partial charge in [-0.3, -0.25) is 4.79 Å². The molecule has 124 valence electrons. The van der Waals surface area contributed by atoms with E-state index in [9.17, 15) is 4.79 Å². The van der Waals surface area contributed by atoms with E-state index in [1.807, 2.05) is 13.0 Å². The van der Waals surface area contributed by atoms with Crippen molar-refractivity contribution in [1.82, 2.24) is 14.8 Å². The summed E-state index contributed by atoms with van der Waals surface area (Å²) in [6, 6.07) is 5.35. The van der Waals surface area contributed by atoms with E-state index in [4.69, 9.17) is 11.6 Å². The Bertz CT molecular complexity index is 692. The molecule has 5 nitrogen and oxygen atoms in total. The van der Waals surface area contributed by atoms with Crippen molar-refractivity contribution in [2.24, 2.45) is 0 Å². The van der Waals surface area contributed by atoms with Crippen LogP contribution < -0.4 is 5.32 Å². The minimum atomic E-state index is -0.122. The first kappa shape index (κ1) is 18.3. The van der Waals surface area contributed by atoms with Crippen molar-refractivity contribution in [2.45, 2.75) is 38.4 Å². The maximum absolute atomic E-state index is 12.1. The Kier molecular flexibility index (Phi) is 6.92. The normalized spacial score (nSPS) is 10.8. The van der Waals surface area contributed by atoms with E-state index in [2.05, 4.69) is 42.9 Å². The molecular weight excluding hydrogens is 400 g/mol. The number of hydrogen-bond donors (Lipinski definition) is 1. The van der Waals surface area contributed by atoms with Gasteiger partial charge in [0.05, 0.1) is 16.5 Å². The molecule has 1 heterocycles. The predicted molar refractivity (Wildman–Crippen MR) is 98.2 cm³/mol. The van der Waals surface area contributed by atoms with Gasteiger partial charge in [0.15, 0.2) is 5.16 Å². The van der Waals surface area contributed by atoms with Gasteiger partial charge in [0.25, 0.3) is 0 Å². The Morgan fingerprint density at radius 3 is 2.83 bits per heavy atom. The number of aryl methyl sites for hydroxylation is 1. The van der Waals surface area contributed by atoms with Gasteiger partial charge in [-0.15, -0.1) is 10.2 Å². The third-order valence-electron chi connectivity index (χ3n) is 3.09. The lowest BCUT2D eigenvalue weighted by Gasteiger charge is -2.09. The number of benzene rings is 1. The van der Waals surface area contributed by atoms with Crippen molar-refractivity contribution in [1.29, 1.82) is 0 Å². The van der Waals surface area contributed by atoms with Crippen LogP contribution in [0.4, 0.5) is 5.69 Å². The second kappa shape index (κ2) is 8.70. The summed E-state index contributed by atoms with van der Waals surface area (Å²) < 4.78 is 2.94. The van der Waals surface area contributed by atoms with Crippen molar-refractivity contribution in [2.75, 3.05) is 11.1 Å². The SMILES string of the molecule is CCCn1c(CC)nnc1SCC(=O)Nc1ccc(Br)cc1Cl. The summed E-state index contributed by atoms with van der Waals surface area (Å²) in [4.78, 5) is 12.1. The van der Waals surface area contributed by atoms with Gasteiger partial charge in [0, 0.05) is 17.4 Å². The van der Waals surface area contributed by atoms with E-state index < -0.39 is 0 Å². The number of nitrogens with one attached hydrogen (secondary N) is 1. The summed E-state index contributed by atoms with van der Waals surface area (Å²) in [7, 11) is 0. The Balaban J connectivity index is 1.98. The van der Waals surface area contributed by atoms with Crippen LogP contribution >= 0.6 is 39.3 Å². The minimum absolute atomic E-state index is 0.122. The smallest absolute Gasteiger partial charge is 0.234 e. The Morgan fingerprint density at radius 2 is 2.17 bits per heavy atom. The van der Waals surface area contributed by atoms with E-state index in [0.29, 0.717) is 10.7 Å². The van der Waals surface area contributed by atoms with Crippen LogP contribution in [0, 0.1) is 0 Å². The highest BCUT2D eigenvalue weighted by molar-refractivity contribution is 9.10. The molecule has 0 unspecified atom stereocenters. The largest absolute Gasteiger partial charge is 0.324 e. The summed E-state index contributed by atoms with van der Waals surface area (Å²) >= 11 is 10.8. The first-order chi connectivity index (χ1) is 11.0. The molecule has 2 aromatic rings. The van der Waals surface area contributed by atoms with E-state index in [1.54, 1.807) is 12.1 Å². The molecule has 1 aromatic carbocycles. The highest BCUT2D eigenvalue weighted by Gasteiger charge is 2.13. The van der Waals surface area contributed by atoms with Crippen molar-refractivity contribution in [3.63, 3.8) is 0 Å². The van der Waals surface area contributed by atoms with E-state index in [-0.39, 0.29) is 11.7 Å². The molecule has 23 heavy (non-hydrogen) atoms. The number of carbonyl (C=O) groups excluding carboxylic acids is 1. The number of anilines is 1. The molecule has 1 amide bonds. The predicted octanol–water partition coefficient (Wildman–Crippen LogP) is 4.40. The molecule has 0 saturated carbocycles. The summed E-state index contributed by atoms with van der Waals surface area (Å²) in [6.07, 6.45) is 1.83. The monoisotopic (exact) mass is 416 g/mol. The quantitative estimate of drug-likeness (QED) is 0.678. The van der Waals surface area contributed by atoms with Gasteiger partial charge in [-0.25, -0.2) is 0 Å². The fourth-order valence-electron chi connectivity index (χ4n) is 2.04. The lowest BCUT2D eigenvalue weighted by Crippen LogP contribution is -2.15. The Labute approximate surface area is 153 Å². The zero-order chi connectivity index (χ0) is 16.8. The number of aromatic nitrogens is 3. The standard InChI is InChI=1S/C15H18BrClN4OS/c1-3-7-21-13(4-2)19-20-15(21)23-9-14(22)18-12-6-5-10(16)8-11(12)17/h5-6,8H,3-4,7,9H2,1-2H3,(H,18,22). The molecular formula is C15H18BrClN4OS. The Hall–Kier alpha value is -1.05. The van der Waals surface area contributed by atoms with Crippen LogP contribution in [0.15, 0.2) is 27.8 Å². The lowest BCUT2D eigenvalue weighted by molar-refractivity contribution is -0.113. The maximum atomic E-state index is 12.1. The van der Waals surface area contributed by atoms with Gasteiger partial charge in [0.1, 0.15) is 5.82 Å². The van der Waals surface area contributed by atoms with Crippen LogP contribution in [0.25, 0.3) is 0 Å². The first-order valence-electron chi connectivity index (χ1n) is 7.34. The summed E-state index contributed by atoms with van der Waals surface area (Å²) in [5.41, 5.74) is 0.602. The molecule has 0 spiro atoms. The van der Waals surface area contributed by atoms with Gasteiger partial charge in [-0.2, -0.15) is 0 Å². The van der Waals surface area contributed by atoms with Gasteiger partial charge in [-0.1, -0.05) is 53.1 Å². The second-order valence-corrected chi connectivity index (χ2v) is 7.13. The molecule has 0 fully saturated rings. The molecule has 2 rings (SSSR count). The third-order valence-corrected chi connectivity index (χ3v) is 4.87. The highest BCUT2D eigenvalue weighted by Crippen LogP contribution is 2.26. The fraction of sp³-hybridized carbons (Fsp3) is 0.400.